The van der Waals surface area contributed by atoms with Gasteiger partial charge in [0.1, 0.15) is 5.76 Å². The van der Waals surface area contributed by atoms with Gasteiger partial charge in [0.05, 0.1) is 11.9 Å². The molecule has 16 heavy (non-hydrogen) atoms. The van der Waals surface area contributed by atoms with Crippen LogP contribution in [-0.2, 0) is 12.0 Å². The van der Waals surface area contributed by atoms with Crippen LogP contribution in [0.25, 0.3) is 0 Å². The zero-order valence-corrected chi connectivity index (χ0v) is 10.3. The maximum Gasteiger partial charge on any atom is 0.109 e. The third-order valence-electron chi connectivity index (χ3n) is 3.61. The van der Waals surface area contributed by atoms with Gasteiger partial charge in [-0.1, -0.05) is 20.3 Å². The zero-order valence-electron chi connectivity index (χ0n) is 10.3. The molecule has 1 atom stereocenters. The van der Waals surface area contributed by atoms with E-state index < -0.39 is 5.60 Å². The lowest BCUT2D eigenvalue weighted by Gasteiger charge is -2.32. The molecule has 2 rings (SSSR count). The van der Waals surface area contributed by atoms with Crippen molar-refractivity contribution in [1.82, 2.24) is 0 Å². The minimum Gasteiger partial charge on any atom is -0.469 e. The van der Waals surface area contributed by atoms with Crippen LogP contribution in [0.5, 0.6) is 0 Å². The second kappa shape index (κ2) is 4.62. The van der Waals surface area contributed by atoms with E-state index in [1.165, 1.54) is 6.42 Å². The molecule has 0 radical (unpaired) electrons. The van der Waals surface area contributed by atoms with Gasteiger partial charge in [-0.05, 0) is 37.7 Å². The Morgan fingerprint density at radius 1 is 1.50 bits per heavy atom. The first-order valence-electron chi connectivity index (χ1n) is 6.41. The highest BCUT2D eigenvalue weighted by Crippen LogP contribution is 2.39. The van der Waals surface area contributed by atoms with Crippen molar-refractivity contribution >= 4 is 0 Å². The largest absolute Gasteiger partial charge is 0.469 e. The maximum absolute atomic E-state index is 10.7. The van der Waals surface area contributed by atoms with E-state index in [0.29, 0.717) is 0 Å². The van der Waals surface area contributed by atoms with Crippen molar-refractivity contribution in [2.24, 2.45) is 5.92 Å². The number of aliphatic hydroxyl groups is 1. The molecule has 0 saturated heterocycles. The normalized spacial score (nSPS) is 24.8. The monoisotopic (exact) mass is 222 g/mol. The van der Waals surface area contributed by atoms with Gasteiger partial charge in [0.15, 0.2) is 0 Å². The van der Waals surface area contributed by atoms with Gasteiger partial charge in [0.2, 0.25) is 0 Å². The molecular weight excluding hydrogens is 200 g/mol. The van der Waals surface area contributed by atoms with E-state index in [2.05, 4.69) is 13.8 Å². The van der Waals surface area contributed by atoms with Gasteiger partial charge >= 0.3 is 0 Å². The fraction of sp³-hybridized carbons (Fsp3) is 0.714. The van der Waals surface area contributed by atoms with Crippen molar-refractivity contribution in [1.29, 1.82) is 0 Å². The summed E-state index contributed by atoms with van der Waals surface area (Å²) in [5, 5.41) is 10.7. The Kier molecular flexibility index (Phi) is 3.38. The number of aryl methyl sites for hydroxylation is 1. The lowest BCUT2D eigenvalue weighted by atomic mass is 9.79. The van der Waals surface area contributed by atoms with Gasteiger partial charge in [0, 0.05) is 12.0 Å². The van der Waals surface area contributed by atoms with E-state index in [1.54, 1.807) is 6.26 Å². The number of rotatable bonds is 4. The summed E-state index contributed by atoms with van der Waals surface area (Å²) >= 11 is 0. The molecule has 2 heteroatoms. The molecule has 90 valence electrons. The number of furan rings is 1. The molecule has 0 spiro atoms. The topological polar surface area (TPSA) is 33.4 Å². The van der Waals surface area contributed by atoms with Crippen molar-refractivity contribution in [2.75, 3.05) is 0 Å². The Morgan fingerprint density at radius 2 is 2.31 bits per heavy atom. The van der Waals surface area contributed by atoms with E-state index in [0.717, 1.165) is 49.3 Å². The summed E-state index contributed by atoms with van der Waals surface area (Å²) in [5.41, 5.74) is 0.428. The number of hydrogen-bond acceptors (Lipinski definition) is 2. The highest BCUT2D eigenvalue weighted by molar-refractivity contribution is 5.27. The standard InChI is InChI=1S/C14H22O2/c1-11(2)5-3-8-14(15)9-4-6-13-12(14)7-10-16-13/h7,10-11,15H,3-6,8-9H2,1-2H3. The van der Waals surface area contributed by atoms with Gasteiger partial charge < -0.3 is 9.52 Å². The van der Waals surface area contributed by atoms with Gasteiger partial charge in [0.25, 0.3) is 0 Å². The van der Waals surface area contributed by atoms with Gasteiger partial charge in [-0.25, -0.2) is 0 Å². The summed E-state index contributed by atoms with van der Waals surface area (Å²) in [6.45, 7) is 4.46. The second-order valence-electron chi connectivity index (χ2n) is 5.43. The summed E-state index contributed by atoms with van der Waals surface area (Å²) < 4.78 is 5.42. The van der Waals surface area contributed by atoms with Crippen LogP contribution < -0.4 is 0 Å². The molecule has 0 saturated carbocycles. The summed E-state index contributed by atoms with van der Waals surface area (Å²) in [6, 6.07) is 1.95. The zero-order chi connectivity index (χ0) is 11.6. The van der Waals surface area contributed by atoms with E-state index in [4.69, 9.17) is 4.42 Å². The van der Waals surface area contributed by atoms with E-state index in [-0.39, 0.29) is 0 Å². The fourth-order valence-electron chi connectivity index (χ4n) is 2.69. The van der Waals surface area contributed by atoms with Crippen molar-refractivity contribution in [3.8, 4) is 0 Å². The van der Waals surface area contributed by atoms with Gasteiger partial charge in [-0.15, -0.1) is 0 Å². The van der Waals surface area contributed by atoms with Crippen LogP contribution in [0.4, 0.5) is 0 Å². The molecule has 0 bridgehead atoms. The lowest BCUT2D eigenvalue weighted by Crippen LogP contribution is -2.29. The molecule has 1 aliphatic carbocycles. The molecule has 2 nitrogen and oxygen atoms in total. The first kappa shape index (κ1) is 11.7. The Labute approximate surface area is 97.7 Å². The third-order valence-corrected chi connectivity index (χ3v) is 3.61. The fourth-order valence-corrected chi connectivity index (χ4v) is 2.69. The molecule has 1 N–H and O–H groups in total. The highest BCUT2D eigenvalue weighted by Gasteiger charge is 2.35. The van der Waals surface area contributed by atoms with Crippen molar-refractivity contribution in [2.45, 2.75) is 58.0 Å². The van der Waals surface area contributed by atoms with E-state index in [1.807, 2.05) is 6.07 Å². The van der Waals surface area contributed by atoms with Crippen LogP contribution >= 0.6 is 0 Å². The molecule has 0 aliphatic heterocycles. The molecule has 1 aromatic heterocycles. The van der Waals surface area contributed by atoms with Crippen molar-refractivity contribution < 1.29 is 9.52 Å². The minimum absolute atomic E-state index is 0.616. The summed E-state index contributed by atoms with van der Waals surface area (Å²) in [7, 11) is 0. The predicted octanol–water partition coefficient (Wildman–Crippen LogP) is 3.63. The van der Waals surface area contributed by atoms with Crippen LogP contribution in [0.3, 0.4) is 0 Å². The van der Waals surface area contributed by atoms with Crippen molar-refractivity contribution in [3.63, 3.8) is 0 Å². The molecule has 0 amide bonds. The number of hydrogen-bond donors (Lipinski definition) is 1. The Hall–Kier alpha value is -0.760. The quantitative estimate of drug-likeness (QED) is 0.844. The molecule has 0 aromatic carbocycles. The summed E-state index contributed by atoms with van der Waals surface area (Å²) in [6.07, 6.45) is 7.78. The van der Waals surface area contributed by atoms with Crippen LogP contribution in [0, 0.1) is 5.92 Å². The first-order chi connectivity index (χ1) is 7.62. The second-order valence-corrected chi connectivity index (χ2v) is 5.43. The maximum atomic E-state index is 10.7. The molecule has 1 aromatic rings. The Balaban J connectivity index is 2.03. The third kappa shape index (κ3) is 2.32. The van der Waals surface area contributed by atoms with Crippen LogP contribution in [0.1, 0.15) is 57.3 Å². The van der Waals surface area contributed by atoms with Gasteiger partial charge in [-0.2, -0.15) is 0 Å². The minimum atomic E-state index is -0.616. The van der Waals surface area contributed by atoms with E-state index >= 15 is 0 Å². The van der Waals surface area contributed by atoms with Gasteiger partial charge in [-0.3, -0.25) is 0 Å². The first-order valence-corrected chi connectivity index (χ1v) is 6.41. The molecular formula is C14H22O2. The smallest absolute Gasteiger partial charge is 0.109 e. The van der Waals surface area contributed by atoms with Crippen LogP contribution in [-0.4, -0.2) is 5.11 Å². The van der Waals surface area contributed by atoms with Crippen LogP contribution in [0.2, 0.25) is 0 Å². The summed E-state index contributed by atoms with van der Waals surface area (Å²) in [4.78, 5) is 0. The Morgan fingerprint density at radius 3 is 3.06 bits per heavy atom. The SMILES string of the molecule is CC(C)CCCC1(O)CCCc2occc21. The van der Waals surface area contributed by atoms with Crippen molar-refractivity contribution in [3.05, 3.63) is 23.7 Å². The average Bonchev–Trinajstić information content (AvgIpc) is 2.66. The molecule has 1 unspecified atom stereocenters. The average molecular weight is 222 g/mol. The molecule has 1 heterocycles. The molecule has 1 aliphatic rings. The highest BCUT2D eigenvalue weighted by atomic mass is 16.3. The summed E-state index contributed by atoms with van der Waals surface area (Å²) in [5.74, 6) is 1.72. The van der Waals surface area contributed by atoms with Crippen LogP contribution in [0.15, 0.2) is 16.7 Å². The Bertz CT molecular complexity index is 340. The lowest BCUT2D eigenvalue weighted by molar-refractivity contribution is 0.00497. The van der Waals surface area contributed by atoms with E-state index in [9.17, 15) is 5.11 Å². The predicted molar refractivity (Wildman–Crippen MR) is 64.2 cm³/mol. The number of fused-ring (bicyclic) bond motifs is 1. The molecule has 0 fully saturated rings.